The fraction of sp³-hybridized carbons (Fsp3) is 0.667. The van der Waals surface area contributed by atoms with Crippen LogP contribution in [0.4, 0.5) is 0 Å². The van der Waals surface area contributed by atoms with Gasteiger partial charge in [-0.25, -0.2) is 8.42 Å². The van der Waals surface area contributed by atoms with Gasteiger partial charge in [0, 0.05) is 24.3 Å². The molecule has 1 N–H and O–H groups in total. The summed E-state index contributed by atoms with van der Waals surface area (Å²) in [5.74, 6) is -0.106. The van der Waals surface area contributed by atoms with E-state index in [4.69, 9.17) is 0 Å². The zero-order chi connectivity index (χ0) is 16.5. The lowest BCUT2D eigenvalue weighted by Crippen LogP contribution is -2.43. The number of nitrogens with zero attached hydrogens (tertiary/aromatic N) is 2. The Balaban J connectivity index is 2.25. The Hall–Kier alpha value is -1.34. The van der Waals surface area contributed by atoms with Gasteiger partial charge in [-0.3, -0.25) is 4.79 Å². The predicted molar refractivity (Wildman–Crippen MR) is 86.1 cm³/mol. The smallest absolute Gasteiger partial charge is 0.268 e. The van der Waals surface area contributed by atoms with Crippen LogP contribution in [0, 0.1) is 0 Å². The van der Waals surface area contributed by atoms with Crippen LogP contribution in [-0.4, -0.2) is 41.5 Å². The van der Waals surface area contributed by atoms with Crippen molar-refractivity contribution >= 4 is 15.9 Å². The van der Waals surface area contributed by atoms with Crippen molar-refractivity contribution in [1.29, 1.82) is 0 Å². The van der Waals surface area contributed by atoms with Crippen molar-refractivity contribution in [3.05, 3.63) is 23.5 Å². The Morgan fingerprint density at radius 3 is 2.59 bits per heavy atom. The number of carbonyl (C=O) groups is 1. The molecule has 7 heteroatoms. The van der Waals surface area contributed by atoms with Crippen molar-refractivity contribution in [1.82, 2.24) is 14.2 Å². The molecule has 0 radical (unpaired) electrons. The minimum Gasteiger partial charge on any atom is -0.346 e. The third kappa shape index (κ3) is 3.70. The van der Waals surface area contributed by atoms with E-state index in [-0.39, 0.29) is 11.4 Å². The van der Waals surface area contributed by atoms with E-state index in [1.165, 1.54) is 10.6 Å². The van der Waals surface area contributed by atoms with Gasteiger partial charge in [0.05, 0.1) is 12.8 Å². The molecule has 0 bridgehead atoms. The maximum Gasteiger partial charge on any atom is 0.268 e. The van der Waals surface area contributed by atoms with Crippen molar-refractivity contribution in [2.45, 2.75) is 52.2 Å². The Labute approximate surface area is 132 Å². The summed E-state index contributed by atoms with van der Waals surface area (Å²) < 4.78 is 26.9. The molecular formula is C15H25N3O3S. The van der Waals surface area contributed by atoms with Crippen LogP contribution in [-0.2, 0) is 23.1 Å². The summed E-state index contributed by atoms with van der Waals surface area (Å²) in [6, 6.07) is 3.62. The topological polar surface area (TPSA) is 71.4 Å². The second kappa shape index (κ2) is 6.04. The van der Waals surface area contributed by atoms with Crippen LogP contribution >= 0.6 is 0 Å². The van der Waals surface area contributed by atoms with Crippen molar-refractivity contribution in [3.8, 4) is 0 Å². The van der Waals surface area contributed by atoms with Gasteiger partial charge in [-0.05, 0) is 38.8 Å². The Bertz CT molecular complexity index is 662. The van der Waals surface area contributed by atoms with E-state index < -0.39 is 10.0 Å². The molecule has 0 aliphatic carbocycles. The zero-order valence-electron chi connectivity index (χ0n) is 13.7. The van der Waals surface area contributed by atoms with Gasteiger partial charge in [0.2, 0.25) is 10.0 Å². The minimum absolute atomic E-state index is 0.106. The van der Waals surface area contributed by atoms with E-state index in [1.807, 2.05) is 31.4 Å². The van der Waals surface area contributed by atoms with E-state index in [2.05, 4.69) is 5.32 Å². The maximum atomic E-state index is 12.5. The first-order valence-corrected chi connectivity index (χ1v) is 9.45. The fourth-order valence-electron chi connectivity index (χ4n) is 2.52. The normalized spacial score (nSPS) is 16.9. The van der Waals surface area contributed by atoms with E-state index in [0.717, 1.165) is 12.1 Å². The van der Waals surface area contributed by atoms with Crippen LogP contribution in [0.15, 0.2) is 12.1 Å². The number of carbonyl (C=O) groups excluding carboxylic acids is 1. The molecular weight excluding hydrogens is 302 g/mol. The molecule has 0 saturated heterocycles. The third-order valence-electron chi connectivity index (χ3n) is 4.24. The monoisotopic (exact) mass is 327 g/mol. The number of aromatic nitrogens is 1. The van der Waals surface area contributed by atoms with Crippen molar-refractivity contribution in [2.24, 2.45) is 0 Å². The van der Waals surface area contributed by atoms with Crippen molar-refractivity contribution in [3.63, 3.8) is 0 Å². The average Bonchev–Trinajstić information content (AvgIpc) is 2.67. The number of nitrogens with one attached hydrogen (secondary N) is 1. The molecule has 22 heavy (non-hydrogen) atoms. The first-order chi connectivity index (χ1) is 10.1. The number of sulfonamides is 1. The molecule has 2 rings (SSSR count). The quantitative estimate of drug-likeness (QED) is 0.912. The molecule has 0 spiro atoms. The molecule has 6 nitrogen and oxygen atoms in total. The largest absolute Gasteiger partial charge is 0.346 e. The van der Waals surface area contributed by atoms with Gasteiger partial charge >= 0.3 is 0 Å². The number of fused-ring (bicyclic) bond motifs is 1. The second-order valence-electron chi connectivity index (χ2n) is 6.50. The highest BCUT2D eigenvalue weighted by Gasteiger charge is 2.26. The number of hydrogen-bond donors (Lipinski definition) is 1. The first-order valence-electron chi connectivity index (χ1n) is 7.60. The molecule has 2 heterocycles. The van der Waals surface area contributed by atoms with Gasteiger partial charge in [-0.2, -0.15) is 4.31 Å². The van der Waals surface area contributed by atoms with Gasteiger partial charge in [-0.15, -0.1) is 0 Å². The Kier molecular flexibility index (Phi) is 4.67. The van der Waals surface area contributed by atoms with Gasteiger partial charge in [-0.1, -0.05) is 6.92 Å². The van der Waals surface area contributed by atoms with Gasteiger partial charge in [0.25, 0.3) is 5.91 Å². The van der Waals surface area contributed by atoms with Crippen molar-refractivity contribution < 1.29 is 13.2 Å². The van der Waals surface area contributed by atoms with Crippen LogP contribution < -0.4 is 5.32 Å². The van der Waals surface area contributed by atoms with E-state index in [1.54, 1.807) is 6.07 Å². The van der Waals surface area contributed by atoms with Crippen LogP contribution in [0.5, 0.6) is 0 Å². The van der Waals surface area contributed by atoms with E-state index in [0.29, 0.717) is 31.7 Å². The number of amides is 1. The molecule has 0 unspecified atom stereocenters. The van der Waals surface area contributed by atoms with Crippen LogP contribution in [0.2, 0.25) is 0 Å². The summed E-state index contributed by atoms with van der Waals surface area (Å²) >= 11 is 0. The standard InChI is InChI=1S/C15H25N3O3S/c1-5-15(2,3)16-14(19)13-8-7-12-11-17(22(4,20)21)9-6-10-18(12)13/h7-8H,5-6,9-11H2,1-4H3,(H,16,19). The maximum absolute atomic E-state index is 12.5. The first kappa shape index (κ1) is 17.0. The summed E-state index contributed by atoms with van der Waals surface area (Å²) in [6.45, 7) is 7.48. The highest BCUT2D eigenvalue weighted by Crippen LogP contribution is 2.19. The number of rotatable bonds is 4. The summed E-state index contributed by atoms with van der Waals surface area (Å²) in [7, 11) is -3.22. The molecule has 0 fully saturated rings. The van der Waals surface area contributed by atoms with E-state index in [9.17, 15) is 13.2 Å². The molecule has 1 aliphatic rings. The average molecular weight is 327 g/mol. The minimum atomic E-state index is -3.22. The SMILES string of the molecule is CCC(C)(C)NC(=O)c1ccc2n1CCCN(S(C)(=O)=O)C2. The van der Waals surface area contributed by atoms with Gasteiger partial charge < -0.3 is 9.88 Å². The molecule has 0 saturated carbocycles. The molecule has 1 aromatic heterocycles. The third-order valence-corrected chi connectivity index (χ3v) is 5.49. The van der Waals surface area contributed by atoms with Gasteiger partial charge in [0.1, 0.15) is 5.69 Å². The Morgan fingerprint density at radius 1 is 1.32 bits per heavy atom. The predicted octanol–water partition coefficient (Wildman–Crippen LogP) is 1.57. The summed E-state index contributed by atoms with van der Waals surface area (Å²) in [5, 5.41) is 3.03. The summed E-state index contributed by atoms with van der Waals surface area (Å²) in [6.07, 6.45) is 2.77. The van der Waals surface area contributed by atoms with E-state index >= 15 is 0 Å². The van der Waals surface area contributed by atoms with Crippen molar-refractivity contribution in [2.75, 3.05) is 12.8 Å². The number of hydrogen-bond acceptors (Lipinski definition) is 3. The van der Waals surface area contributed by atoms with Crippen LogP contribution in [0.25, 0.3) is 0 Å². The molecule has 0 atom stereocenters. The second-order valence-corrected chi connectivity index (χ2v) is 8.49. The lowest BCUT2D eigenvalue weighted by molar-refractivity contribution is 0.0901. The lowest BCUT2D eigenvalue weighted by atomic mass is 10.0. The van der Waals surface area contributed by atoms with Crippen LogP contribution in [0.3, 0.4) is 0 Å². The van der Waals surface area contributed by atoms with Crippen LogP contribution in [0.1, 0.15) is 49.8 Å². The van der Waals surface area contributed by atoms with Gasteiger partial charge in [0.15, 0.2) is 0 Å². The molecule has 124 valence electrons. The molecule has 1 amide bonds. The summed E-state index contributed by atoms with van der Waals surface area (Å²) in [5.41, 5.74) is 1.21. The highest BCUT2D eigenvalue weighted by molar-refractivity contribution is 7.88. The molecule has 0 aromatic carbocycles. The highest BCUT2D eigenvalue weighted by atomic mass is 32.2. The lowest BCUT2D eigenvalue weighted by Gasteiger charge is -2.25. The zero-order valence-corrected chi connectivity index (χ0v) is 14.5. The molecule has 1 aliphatic heterocycles. The Morgan fingerprint density at radius 2 is 2.00 bits per heavy atom. The summed E-state index contributed by atoms with van der Waals surface area (Å²) in [4.78, 5) is 12.5. The molecule has 1 aromatic rings. The fourth-order valence-corrected chi connectivity index (χ4v) is 3.35.